The minimum Gasteiger partial charge on any atom is -0.478 e. The summed E-state index contributed by atoms with van der Waals surface area (Å²) in [6.07, 6.45) is 1.42. The second-order valence-electron chi connectivity index (χ2n) is 7.51. The maximum atomic E-state index is 13.0. The first-order valence-electron chi connectivity index (χ1n) is 9.81. The fourth-order valence-electron chi connectivity index (χ4n) is 3.53. The molecule has 7 heteroatoms. The molecule has 0 spiro atoms. The molecular weight excluding hydrogens is 388 g/mol. The number of anilines is 1. The second-order valence-corrected chi connectivity index (χ2v) is 9.42. The van der Waals surface area contributed by atoms with Crippen LogP contribution in [0.1, 0.15) is 42.5 Å². The highest BCUT2D eigenvalue weighted by Gasteiger charge is 2.31. The van der Waals surface area contributed by atoms with Crippen LogP contribution in [0.3, 0.4) is 0 Å². The zero-order valence-electron chi connectivity index (χ0n) is 17.3. The van der Waals surface area contributed by atoms with E-state index in [2.05, 4.69) is 31.3 Å². The van der Waals surface area contributed by atoms with Gasteiger partial charge in [0, 0.05) is 13.0 Å². The lowest BCUT2D eigenvalue weighted by molar-refractivity contribution is -0.128. The first-order chi connectivity index (χ1) is 13.7. The van der Waals surface area contributed by atoms with E-state index in [0.717, 1.165) is 18.2 Å². The van der Waals surface area contributed by atoms with Gasteiger partial charge in [-0.3, -0.25) is 9.10 Å². The SMILES string of the molecule is CC[C@@H](NC(=O)[C@H]1CCN(S(C)(=O)=O)c2ccccc2O1)c1ccc(C)c(C)c1. The van der Waals surface area contributed by atoms with E-state index < -0.39 is 16.1 Å². The van der Waals surface area contributed by atoms with Gasteiger partial charge in [0.1, 0.15) is 5.75 Å². The van der Waals surface area contributed by atoms with Gasteiger partial charge in [-0.1, -0.05) is 37.3 Å². The van der Waals surface area contributed by atoms with Crippen LogP contribution in [0.2, 0.25) is 0 Å². The third-order valence-corrected chi connectivity index (χ3v) is 6.53. The van der Waals surface area contributed by atoms with Crippen molar-refractivity contribution >= 4 is 21.6 Å². The van der Waals surface area contributed by atoms with Crippen molar-refractivity contribution in [1.29, 1.82) is 0 Å². The number of amides is 1. The van der Waals surface area contributed by atoms with Crippen molar-refractivity contribution in [3.05, 3.63) is 59.2 Å². The molecule has 1 N–H and O–H groups in total. The van der Waals surface area contributed by atoms with Gasteiger partial charge >= 0.3 is 0 Å². The van der Waals surface area contributed by atoms with Crippen molar-refractivity contribution in [2.45, 2.75) is 45.8 Å². The van der Waals surface area contributed by atoms with E-state index in [0.29, 0.717) is 11.4 Å². The van der Waals surface area contributed by atoms with Crippen LogP contribution in [0.25, 0.3) is 0 Å². The molecule has 1 heterocycles. The Balaban J connectivity index is 1.81. The molecule has 1 amide bonds. The molecule has 0 saturated carbocycles. The number of sulfonamides is 1. The van der Waals surface area contributed by atoms with Gasteiger partial charge in [-0.2, -0.15) is 0 Å². The quantitative estimate of drug-likeness (QED) is 0.810. The largest absolute Gasteiger partial charge is 0.478 e. The van der Waals surface area contributed by atoms with E-state index in [-0.39, 0.29) is 24.9 Å². The normalized spacial score (nSPS) is 17.7. The van der Waals surface area contributed by atoms with Gasteiger partial charge in [0.25, 0.3) is 5.91 Å². The lowest BCUT2D eigenvalue weighted by atomic mass is 9.99. The van der Waals surface area contributed by atoms with Crippen LogP contribution in [0.15, 0.2) is 42.5 Å². The molecule has 0 bridgehead atoms. The number of fused-ring (bicyclic) bond motifs is 1. The summed E-state index contributed by atoms with van der Waals surface area (Å²) in [6, 6.07) is 13.0. The number of ether oxygens (including phenoxy) is 1. The van der Waals surface area contributed by atoms with E-state index in [1.807, 2.05) is 13.0 Å². The minimum atomic E-state index is -3.47. The maximum absolute atomic E-state index is 13.0. The average molecular weight is 417 g/mol. The van der Waals surface area contributed by atoms with Crippen LogP contribution in [0.5, 0.6) is 5.75 Å². The summed E-state index contributed by atoms with van der Waals surface area (Å²) in [7, 11) is -3.47. The van der Waals surface area contributed by atoms with Crippen molar-refractivity contribution in [3.8, 4) is 5.75 Å². The summed E-state index contributed by atoms with van der Waals surface area (Å²) in [6.45, 7) is 6.32. The number of nitrogens with one attached hydrogen (secondary N) is 1. The Kier molecular flexibility index (Phi) is 6.17. The Labute approximate surface area is 172 Å². The number of hydrogen-bond donors (Lipinski definition) is 1. The van der Waals surface area contributed by atoms with Crippen molar-refractivity contribution in [2.24, 2.45) is 0 Å². The zero-order chi connectivity index (χ0) is 21.2. The molecule has 2 atom stereocenters. The van der Waals surface area contributed by atoms with Crippen LogP contribution in [0.4, 0.5) is 5.69 Å². The van der Waals surface area contributed by atoms with E-state index in [1.54, 1.807) is 24.3 Å². The Morgan fingerprint density at radius 3 is 2.59 bits per heavy atom. The summed E-state index contributed by atoms with van der Waals surface area (Å²) >= 11 is 0. The Bertz CT molecular complexity index is 1000. The van der Waals surface area contributed by atoms with Gasteiger partial charge in [-0.05, 0) is 49.1 Å². The molecule has 2 aromatic rings. The number of carbonyl (C=O) groups excluding carboxylic acids is 1. The third-order valence-electron chi connectivity index (χ3n) is 5.35. The van der Waals surface area contributed by atoms with Gasteiger partial charge in [-0.15, -0.1) is 0 Å². The molecule has 1 aliphatic heterocycles. The molecule has 0 unspecified atom stereocenters. The van der Waals surface area contributed by atoms with Gasteiger partial charge in [0.05, 0.1) is 18.0 Å². The molecule has 2 aromatic carbocycles. The molecular formula is C22H28N2O4S. The summed E-state index contributed by atoms with van der Waals surface area (Å²) in [5, 5.41) is 3.08. The third kappa shape index (κ3) is 4.72. The van der Waals surface area contributed by atoms with Gasteiger partial charge in [0.15, 0.2) is 6.10 Å². The van der Waals surface area contributed by atoms with Crippen molar-refractivity contribution in [1.82, 2.24) is 5.32 Å². The summed E-state index contributed by atoms with van der Waals surface area (Å²) in [5.41, 5.74) is 3.90. The van der Waals surface area contributed by atoms with Crippen LogP contribution >= 0.6 is 0 Å². The molecule has 1 aliphatic rings. The Morgan fingerprint density at radius 2 is 1.93 bits per heavy atom. The molecule has 0 aromatic heterocycles. The monoisotopic (exact) mass is 416 g/mol. The highest BCUT2D eigenvalue weighted by atomic mass is 32.2. The topological polar surface area (TPSA) is 75.7 Å². The van der Waals surface area contributed by atoms with Crippen molar-refractivity contribution < 1.29 is 17.9 Å². The Morgan fingerprint density at radius 1 is 1.21 bits per heavy atom. The number of para-hydroxylation sites is 2. The molecule has 3 rings (SSSR count). The average Bonchev–Trinajstić information content (AvgIpc) is 2.88. The first kappa shape index (κ1) is 21.2. The number of carbonyl (C=O) groups is 1. The second kappa shape index (κ2) is 8.45. The fourth-order valence-corrected chi connectivity index (χ4v) is 4.47. The lowest BCUT2D eigenvalue weighted by Gasteiger charge is -2.22. The molecule has 0 aliphatic carbocycles. The number of nitrogens with zero attached hydrogens (tertiary/aromatic N) is 1. The fraction of sp³-hybridized carbons (Fsp3) is 0.409. The van der Waals surface area contributed by atoms with E-state index in [4.69, 9.17) is 4.74 Å². The molecule has 0 fully saturated rings. The summed E-state index contributed by atoms with van der Waals surface area (Å²) < 4.78 is 31.7. The summed E-state index contributed by atoms with van der Waals surface area (Å²) in [4.78, 5) is 13.0. The van der Waals surface area contributed by atoms with Crippen molar-refractivity contribution in [2.75, 3.05) is 17.1 Å². The smallest absolute Gasteiger partial charge is 0.261 e. The van der Waals surface area contributed by atoms with Crippen LogP contribution in [0, 0.1) is 13.8 Å². The van der Waals surface area contributed by atoms with Crippen LogP contribution in [-0.2, 0) is 14.8 Å². The minimum absolute atomic E-state index is 0.130. The standard InChI is InChI=1S/C22H28N2O4S/c1-5-18(17-11-10-15(2)16(3)14-17)23-22(25)21-12-13-24(29(4,26)27)19-8-6-7-9-20(19)28-21/h6-11,14,18,21H,5,12-13H2,1-4H3,(H,23,25)/t18-,21-/m1/s1. The Hall–Kier alpha value is -2.54. The molecule has 0 saturated heterocycles. The van der Waals surface area contributed by atoms with Gasteiger partial charge in [0.2, 0.25) is 10.0 Å². The molecule has 6 nitrogen and oxygen atoms in total. The van der Waals surface area contributed by atoms with E-state index in [9.17, 15) is 13.2 Å². The predicted octanol–water partition coefficient (Wildman–Crippen LogP) is 3.49. The van der Waals surface area contributed by atoms with Crippen LogP contribution < -0.4 is 14.4 Å². The van der Waals surface area contributed by atoms with Gasteiger partial charge < -0.3 is 10.1 Å². The van der Waals surface area contributed by atoms with Gasteiger partial charge in [-0.25, -0.2) is 8.42 Å². The highest BCUT2D eigenvalue weighted by Crippen LogP contribution is 2.34. The predicted molar refractivity (Wildman–Crippen MR) is 115 cm³/mol. The molecule has 0 radical (unpaired) electrons. The molecule has 156 valence electrons. The number of rotatable bonds is 5. The first-order valence-corrected chi connectivity index (χ1v) is 11.7. The number of benzene rings is 2. The maximum Gasteiger partial charge on any atom is 0.261 e. The molecule has 29 heavy (non-hydrogen) atoms. The zero-order valence-corrected chi connectivity index (χ0v) is 18.1. The highest BCUT2D eigenvalue weighted by molar-refractivity contribution is 7.92. The van der Waals surface area contributed by atoms with E-state index in [1.165, 1.54) is 15.4 Å². The van der Waals surface area contributed by atoms with Crippen LogP contribution in [-0.4, -0.2) is 33.2 Å². The van der Waals surface area contributed by atoms with E-state index >= 15 is 0 Å². The lowest BCUT2D eigenvalue weighted by Crippen LogP contribution is -2.41. The number of hydrogen-bond acceptors (Lipinski definition) is 4. The summed E-state index contributed by atoms with van der Waals surface area (Å²) in [5.74, 6) is 0.162. The van der Waals surface area contributed by atoms with Crippen molar-refractivity contribution in [3.63, 3.8) is 0 Å². The number of aryl methyl sites for hydroxylation is 2.